The van der Waals surface area contributed by atoms with Gasteiger partial charge in [0.15, 0.2) is 6.61 Å². The van der Waals surface area contributed by atoms with Crippen molar-refractivity contribution in [2.75, 3.05) is 32.9 Å². The van der Waals surface area contributed by atoms with Crippen LogP contribution in [-0.2, 0) is 9.53 Å². The SMILES string of the molecule is O=C(COc1ncnc2ccccc12)N1CCC2(CC=CCOC2)CC1. The number of likely N-dealkylation sites (tertiary alicyclic amines) is 1. The van der Waals surface area contributed by atoms with E-state index in [2.05, 4.69) is 22.1 Å². The van der Waals surface area contributed by atoms with Crippen LogP contribution in [0.1, 0.15) is 19.3 Å². The highest BCUT2D eigenvalue weighted by molar-refractivity contribution is 5.84. The number of carbonyl (C=O) groups excluding carboxylic acids is 1. The fraction of sp³-hybridized carbons (Fsp3) is 0.450. The number of fused-ring (bicyclic) bond motifs is 1. The van der Waals surface area contributed by atoms with Gasteiger partial charge in [0.05, 0.1) is 24.1 Å². The Bertz CT molecular complexity index is 808. The number of amides is 1. The monoisotopic (exact) mass is 353 g/mol. The molecule has 1 spiro atoms. The number of hydrogen-bond acceptors (Lipinski definition) is 5. The summed E-state index contributed by atoms with van der Waals surface area (Å²) in [7, 11) is 0. The van der Waals surface area contributed by atoms with Crippen LogP contribution in [0.15, 0.2) is 42.7 Å². The summed E-state index contributed by atoms with van der Waals surface area (Å²) in [6.45, 7) is 2.99. The van der Waals surface area contributed by atoms with Crippen LogP contribution in [-0.4, -0.2) is 53.7 Å². The molecule has 2 aliphatic rings. The lowest BCUT2D eigenvalue weighted by Crippen LogP contribution is -2.46. The van der Waals surface area contributed by atoms with Crippen molar-refractivity contribution in [3.05, 3.63) is 42.7 Å². The second kappa shape index (κ2) is 7.41. The molecule has 136 valence electrons. The second-order valence-corrected chi connectivity index (χ2v) is 7.06. The molecule has 0 aliphatic carbocycles. The molecule has 0 N–H and O–H groups in total. The highest BCUT2D eigenvalue weighted by Crippen LogP contribution is 2.37. The first-order valence-electron chi connectivity index (χ1n) is 9.09. The predicted octanol–water partition coefficient (Wildman–Crippen LogP) is 2.59. The molecule has 1 aromatic heterocycles. The molecule has 26 heavy (non-hydrogen) atoms. The number of benzene rings is 1. The van der Waals surface area contributed by atoms with Crippen molar-refractivity contribution < 1.29 is 14.3 Å². The average molecular weight is 353 g/mol. The molecule has 1 amide bonds. The van der Waals surface area contributed by atoms with E-state index in [-0.39, 0.29) is 17.9 Å². The van der Waals surface area contributed by atoms with Crippen LogP contribution in [0.25, 0.3) is 10.9 Å². The van der Waals surface area contributed by atoms with Gasteiger partial charge in [-0.3, -0.25) is 4.79 Å². The van der Waals surface area contributed by atoms with Gasteiger partial charge in [0.2, 0.25) is 5.88 Å². The van der Waals surface area contributed by atoms with E-state index in [0.717, 1.165) is 49.9 Å². The number of piperidine rings is 1. The van der Waals surface area contributed by atoms with E-state index in [1.54, 1.807) is 0 Å². The molecule has 1 aromatic carbocycles. The van der Waals surface area contributed by atoms with Crippen LogP contribution in [0.4, 0.5) is 0 Å². The Morgan fingerprint density at radius 2 is 2.04 bits per heavy atom. The summed E-state index contributed by atoms with van der Waals surface area (Å²) in [5.74, 6) is 0.465. The zero-order chi connectivity index (χ0) is 17.8. The smallest absolute Gasteiger partial charge is 0.260 e. The van der Waals surface area contributed by atoms with Crippen LogP contribution in [0.3, 0.4) is 0 Å². The number of rotatable bonds is 3. The highest BCUT2D eigenvalue weighted by atomic mass is 16.5. The molecular weight excluding hydrogens is 330 g/mol. The number of ether oxygens (including phenoxy) is 2. The summed E-state index contributed by atoms with van der Waals surface area (Å²) in [6.07, 6.45) is 8.75. The number of allylic oxidation sites excluding steroid dienone is 1. The molecule has 6 nitrogen and oxygen atoms in total. The summed E-state index contributed by atoms with van der Waals surface area (Å²) in [4.78, 5) is 22.8. The van der Waals surface area contributed by atoms with E-state index in [4.69, 9.17) is 9.47 Å². The van der Waals surface area contributed by atoms with Gasteiger partial charge in [0.25, 0.3) is 5.91 Å². The Kier molecular flexibility index (Phi) is 4.84. The van der Waals surface area contributed by atoms with E-state index in [1.165, 1.54) is 6.33 Å². The summed E-state index contributed by atoms with van der Waals surface area (Å²) in [6, 6.07) is 7.63. The number of hydrogen-bond donors (Lipinski definition) is 0. The first kappa shape index (κ1) is 17.0. The Balaban J connectivity index is 1.35. The third kappa shape index (κ3) is 3.55. The molecule has 2 aliphatic heterocycles. The fourth-order valence-electron chi connectivity index (χ4n) is 3.70. The molecule has 0 bridgehead atoms. The minimum absolute atomic E-state index is 0.00438. The minimum Gasteiger partial charge on any atom is -0.467 e. The minimum atomic E-state index is 0.00438. The third-order valence-electron chi connectivity index (χ3n) is 5.36. The standard InChI is InChI=1S/C20H23N3O3/c24-18(13-26-19-16-5-1-2-6-17(16)21-15-22-19)23-10-8-20(9-11-23)7-3-4-12-25-14-20/h1-6,15H,7-14H2. The van der Waals surface area contributed by atoms with Crippen molar-refractivity contribution in [3.63, 3.8) is 0 Å². The van der Waals surface area contributed by atoms with Crippen molar-refractivity contribution in [1.29, 1.82) is 0 Å². The normalized spacial score (nSPS) is 19.5. The van der Waals surface area contributed by atoms with Gasteiger partial charge >= 0.3 is 0 Å². The first-order chi connectivity index (χ1) is 12.8. The molecule has 2 aromatic rings. The van der Waals surface area contributed by atoms with E-state index in [9.17, 15) is 4.79 Å². The van der Waals surface area contributed by atoms with Gasteiger partial charge in [-0.15, -0.1) is 0 Å². The summed E-state index contributed by atoms with van der Waals surface area (Å²) in [5.41, 5.74) is 0.999. The lowest BCUT2D eigenvalue weighted by Gasteiger charge is -2.40. The maximum atomic E-state index is 12.6. The Morgan fingerprint density at radius 3 is 2.92 bits per heavy atom. The van der Waals surface area contributed by atoms with Crippen molar-refractivity contribution >= 4 is 16.8 Å². The molecular formula is C20H23N3O3. The molecule has 6 heteroatoms. The maximum Gasteiger partial charge on any atom is 0.260 e. The third-order valence-corrected chi connectivity index (χ3v) is 5.36. The van der Waals surface area contributed by atoms with Gasteiger partial charge in [0, 0.05) is 18.5 Å². The van der Waals surface area contributed by atoms with Crippen LogP contribution in [0.2, 0.25) is 0 Å². The topological polar surface area (TPSA) is 64.5 Å². The van der Waals surface area contributed by atoms with Gasteiger partial charge < -0.3 is 14.4 Å². The summed E-state index contributed by atoms with van der Waals surface area (Å²) >= 11 is 0. The Morgan fingerprint density at radius 1 is 1.19 bits per heavy atom. The van der Waals surface area contributed by atoms with Crippen molar-refractivity contribution in [3.8, 4) is 5.88 Å². The number of para-hydroxylation sites is 1. The number of carbonyl (C=O) groups is 1. The number of aromatic nitrogens is 2. The molecule has 0 atom stereocenters. The molecule has 0 radical (unpaired) electrons. The van der Waals surface area contributed by atoms with Crippen LogP contribution in [0.5, 0.6) is 5.88 Å². The van der Waals surface area contributed by atoms with Crippen molar-refractivity contribution in [1.82, 2.24) is 14.9 Å². The van der Waals surface area contributed by atoms with Crippen LogP contribution in [0, 0.1) is 5.41 Å². The predicted molar refractivity (Wildman–Crippen MR) is 97.9 cm³/mol. The van der Waals surface area contributed by atoms with Gasteiger partial charge in [-0.25, -0.2) is 9.97 Å². The molecule has 0 unspecified atom stereocenters. The lowest BCUT2D eigenvalue weighted by molar-refractivity contribution is -0.136. The molecule has 4 rings (SSSR count). The van der Waals surface area contributed by atoms with Gasteiger partial charge in [-0.1, -0.05) is 24.3 Å². The maximum absolute atomic E-state index is 12.6. The average Bonchev–Trinajstić information content (AvgIpc) is 2.92. The largest absolute Gasteiger partial charge is 0.467 e. The molecule has 0 saturated carbocycles. The lowest BCUT2D eigenvalue weighted by atomic mass is 9.76. The van der Waals surface area contributed by atoms with Gasteiger partial charge in [-0.05, 0) is 31.4 Å². The van der Waals surface area contributed by atoms with Crippen LogP contribution >= 0.6 is 0 Å². The van der Waals surface area contributed by atoms with E-state index in [1.807, 2.05) is 29.2 Å². The zero-order valence-electron chi connectivity index (χ0n) is 14.8. The quantitative estimate of drug-likeness (QED) is 0.794. The van der Waals surface area contributed by atoms with Crippen LogP contribution < -0.4 is 4.74 Å². The molecule has 3 heterocycles. The first-order valence-corrected chi connectivity index (χ1v) is 9.09. The van der Waals surface area contributed by atoms with E-state index in [0.29, 0.717) is 12.5 Å². The molecule has 1 saturated heterocycles. The summed E-state index contributed by atoms with van der Waals surface area (Å²) in [5, 5.41) is 0.822. The zero-order valence-corrected chi connectivity index (χ0v) is 14.8. The summed E-state index contributed by atoms with van der Waals surface area (Å²) < 4.78 is 11.4. The fourth-order valence-corrected chi connectivity index (χ4v) is 3.70. The van der Waals surface area contributed by atoms with E-state index < -0.39 is 0 Å². The Hall–Kier alpha value is -2.47. The van der Waals surface area contributed by atoms with E-state index >= 15 is 0 Å². The van der Waals surface area contributed by atoms with Crippen molar-refractivity contribution in [2.24, 2.45) is 5.41 Å². The highest BCUT2D eigenvalue weighted by Gasteiger charge is 2.36. The Labute approximate surface area is 152 Å². The van der Waals surface area contributed by atoms with Gasteiger partial charge in [0.1, 0.15) is 6.33 Å². The van der Waals surface area contributed by atoms with Crippen molar-refractivity contribution in [2.45, 2.75) is 19.3 Å². The number of nitrogens with zero attached hydrogens (tertiary/aromatic N) is 3. The second-order valence-electron chi connectivity index (χ2n) is 7.06. The molecule has 1 fully saturated rings. The van der Waals surface area contributed by atoms with Gasteiger partial charge in [-0.2, -0.15) is 0 Å².